The molecule has 1 aromatic rings. The molecule has 96 valence electrons. The first-order valence-corrected chi connectivity index (χ1v) is 6.14. The summed E-state index contributed by atoms with van der Waals surface area (Å²) in [7, 11) is 0. The molecule has 1 rings (SSSR count). The van der Waals surface area contributed by atoms with Gasteiger partial charge < -0.3 is 16.2 Å². The molecular weight excluding hydrogens is 259 g/mol. The lowest BCUT2D eigenvalue weighted by molar-refractivity contribution is 0.163. The summed E-state index contributed by atoms with van der Waals surface area (Å²) in [6.45, 7) is 6.48. The molecule has 0 saturated carbocycles. The van der Waals surface area contributed by atoms with E-state index in [4.69, 9.17) is 28.9 Å². The zero-order valence-corrected chi connectivity index (χ0v) is 11.7. The van der Waals surface area contributed by atoms with E-state index in [9.17, 15) is 5.11 Å². The summed E-state index contributed by atoms with van der Waals surface area (Å²) in [5.74, 6) is 0. The van der Waals surface area contributed by atoms with Crippen molar-refractivity contribution >= 4 is 28.9 Å². The van der Waals surface area contributed by atoms with Crippen molar-refractivity contribution in [3.63, 3.8) is 0 Å². The van der Waals surface area contributed by atoms with Crippen LogP contribution in [0.15, 0.2) is 12.1 Å². The molecule has 0 saturated heterocycles. The van der Waals surface area contributed by atoms with Gasteiger partial charge in [0.05, 0.1) is 21.8 Å². The molecule has 0 aromatic heterocycles. The molecule has 1 aromatic carbocycles. The third kappa shape index (κ3) is 4.03. The summed E-state index contributed by atoms with van der Waals surface area (Å²) in [5.41, 5.74) is 6.54. The number of nitrogens with two attached hydrogens (primary N) is 1. The maximum atomic E-state index is 10.0. The summed E-state index contributed by atoms with van der Waals surface area (Å²) in [4.78, 5) is 0. The fraction of sp³-hybridized carbons (Fsp3) is 0.500. The van der Waals surface area contributed by atoms with Gasteiger partial charge in [0, 0.05) is 17.6 Å². The van der Waals surface area contributed by atoms with E-state index in [1.54, 1.807) is 12.1 Å². The standard InChI is InChI=1S/C12H18Cl2N2O/c1-12(2,3)16-6-9(17)7-4-5-8(13)11(15)10(7)14/h4-5,9,16-17H,6,15H2,1-3H3. The topological polar surface area (TPSA) is 58.3 Å². The molecule has 0 heterocycles. The van der Waals surface area contributed by atoms with Crippen LogP contribution < -0.4 is 11.1 Å². The second-order valence-electron chi connectivity index (χ2n) is 5.01. The number of nitrogen functional groups attached to an aromatic ring is 1. The average molecular weight is 277 g/mol. The van der Waals surface area contributed by atoms with Crippen molar-refractivity contribution in [3.8, 4) is 0 Å². The number of rotatable bonds is 3. The number of nitrogens with one attached hydrogen (secondary N) is 1. The molecule has 3 nitrogen and oxygen atoms in total. The number of anilines is 1. The summed E-state index contributed by atoms with van der Waals surface area (Å²) in [5, 5.41) is 14.0. The van der Waals surface area contributed by atoms with Crippen LogP contribution in [-0.4, -0.2) is 17.2 Å². The first kappa shape index (κ1) is 14.6. The fourth-order valence-corrected chi connectivity index (χ4v) is 1.85. The third-order valence-corrected chi connectivity index (χ3v) is 3.09. The third-order valence-electron chi connectivity index (χ3n) is 2.34. The predicted octanol–water partition coefficient (Wildman–Crippen LogP) is 3.00. The molecule has 0 bridgehead atoms. The molecule has 0 aliphatic carbocycles. The van der Waals surface area contributed by atoms with Gasteiger partial charge in [-0.3, -0.25) is 0 Å². The first-order chi connectivity index (χ1) is 7.72. The minimum absolute atomic E-state index is 0.0641. The Morgan fingerprint density at radius 3 is 2.47 bits per heavy atom. The second-order valence-corrected chi connectivity index (χ2v) is 5.80. The highest BCUT2D eigenvalue weighted by Crippen LogP contribution is 2.33. The smallest absolute Gasteiger partial charge is 0.0929 e. The molecule has 0 fully saturated rings. The van der Waals surface area contributed by atoms with Crippen molar-refractivity contribution in [1.29, 1.82) is 0 Å². The Hall–Kier alpha value is -0.480. The molecule has 1 atom stereocenters. The maximum Gasteiger partial charge on any atom is 0.0929 e. The molecule has 0 amide bonds. The highest BCUT2D eigenvalue weighted by molar-refractivity contribution is 6.39. The Morgan fingerprint density at radius 1 is 1.35 bits per heavy atom. The zero-order valence-electron chi connectivity index (χ0n) is 10.2. The largest absolute Gasteiger partial charge is 0.396 e. The Bertz CT molecular complexity index is 402. The lowest BCUT2D eigenvalue weighted by atomic mass is 10.1. The summed E-state index contributed by atoms with van der Waals surface area (Å²) < 4.78 is 0. The molecule has 0 aliphatic heterocycles. The van der Waals surface area contributed by atoms with Crippen molar-refractivity contribution in [1.82, 2.24) is 5.32 Å². The van der Waals surface area contributed by atoms with Crippen LogP contribution in [0.2, 0.25) is 10.0 Å². The lowest BCUT2D eigenvalue weighted by Crippen LogP contribution is -2.38. The van der Waals surface area contributed by atoms with E-state index < -0.39 is 6.10 Å². The van der Waals surface area contributed by atoms with E-state index >= 15 is 0 Å². The van der Waals surface area contributed by atoms with E-state index in [1.165, 1.54) is 0 Å². The molecular formula is C12H18Cl2N2O. The van der Waals surface area contributed by atoms with Gasteiger partial charge in [0.15, 0.2) is 0 Å². The van der Waals surface area contributed by atoms with Crippen LogP contribution >= 0.6 is 23.2 Å². The lowest BCUT2D eigenvalue weighted by Gasteiger charge is -2.23. The van der Waals surface area contributed by atoms with Gasteiger partial charge in [-0.1, -0.05) is 29.3 Å². The highest BCUT2D eigenvalue weighted by Gasteiger charge is 2.17. The summed E-state index contributed by atoms with van der Waals surface area (Å²) in [6, 6.07) is 3.33. The van der Waals surface area contributed by atoms with E-state index in [0.717, 1.165) is 0 Å². The summed E-state index contributed by atoms with van der Waals surface area (Å²) in [6.07, 6.45) is -0.707. The maximum absolute atomic E-state index is 10.0. The Balaban J connectivity index is 2.83. The first-order valence-electron chi connectivity index (χ1n) is 5.39. The molecule has 1 unspecified atom stereocenters. The van der Waals surface area contributed by atoms with E-state index in [2.05, 4.69) is 5.32 Å². The average Bonchev–Trinajstić information content (AvgIpc) is 2.22. The Kier molecular flexibility index (Phi) is 4.67. The van der Waals surface area contributed by atoms with Crippen molar-refractivity contribution in [2.75, 3.05) is 12.3 Å². The number of aliphatic hydroxyl groups excluding tert-OH is 1. The van der Waals surface area contributed by atoms with E-state index in [1.807, 2.05) is 20.8 Å². The van der Waals surface area contributed by atoms with Gasteiger partial charge in [0.1, 0.15) is 0 Å². The molecule has 0 radical (unpaired) electrons. The van der Waals surface area contributed by atoms with Gasteiger partial charge in [-0.15, -0.1) is 0 Å². The van der Waals surface area contributed by atoms with E-state index in [0.29, 0.717) is 27.8 Å². The number of halogens is 2. The van der Waals surface area contributed by atoms with Crippen molar-refractivity contribution in [2.24, 2.45) is 0 Å². The highest BCUT2D eigenvalue weighted by atomic mass is 35.5. The minimum Gasteiger partial charge on any atom is -0.396 e. The van der Waals surface area contributed by atoms with Crippen LogP contribution in [0.25, 0.3) is 0 Å². The van der Waals surface area contributed by atoms with Crippen LogP contribution in [0.5, 0.6) is 0 Å². The molecule has 4 N–H and O–H groups in total. The van der Waals surface area contributed by atoms with Crippen molar-refractivity contribution < 1.29 is 5.11 Å². The monoisotopic (exact) mass is 276 g/mol. The fourth-order valence-electron chi connectivity index (χ4n) is 1.36. The van der Waals surface area contributed by atoms with Gasteiger partial charge in [0.2, 0.25) is 0 Å². The normalized spacial score (nSPS) is 13.8. The number of hydrogen-bond donors (Lipinski definition) is 3. The predicted molar refractivity (Wildman–Crippen MR) is 73.6 cm³/mol. The van der Waals surface area contributed by atoms with Crippen LogP contribution in [0, 0.1) is 0 Å². The number of aliphatic hydroxyl groups is 1. The summed E-state index contributed by atoms with van der Waals surface area (Å²) >= 11 is 11.9. The van der Waals surface area contributed by atoms with Gasteiger partial charge in [-0.25, -0.2) is 0 Å². The molecule has 5 heteroatoms. The SMILES string of the molecule is CC(C)(C)NCC(O)c1ccc(Cl)c(N)c1Cl. The van der Waals surface area contributed by atoms with Gasteiger partial charge in [-0.05, 0) is 26.8 Å². The number of β-amino-alcohol motifs (C(OH)–C–C–N with tert-alkyl or cyclic N) is 1. The number of benzene rings is 1. The van der Waals surface area contributed by atoms with Gasteiger partial charge >= 0.3 is 0 Å². The Labute approximate surface area is 112 Å². The van der Waals surface area contributed by atoms with Gasteiger partial charge in [-0.2, -0.15) is 0 Å². The van der Waals surface area contributed by atoms with E-state index in [-0.39, 0.29) is 5.54 Å². The molecule has 17 heavy (non-hydrogen) atoms. The minimum atomic E-state index is -0.707. The van der Waals surface area contributed by atoms with Gasteiger partial charge in [0.25, 0.3) is 0 Å². The van der Waals surface area contributed by atoms with Crippen LogP contribution in [0.4, 0.5) is 5.69 Å². The Morgan fingerprint density at radius 2 is 1.94 bits per heavy atom. The second kappa shape index (κ2) is 5.44. The van der Waals surface area contributed by atoms with Crippen LogP contribution in [0.3, 0.4) is 0 Å². The number of hydrogen-bond acceptors (Lipinski definition) is 3. The molecule has 0 spiro atoms. The zero-order chi connectivity index (χ0) is 13.2. The molecule has 0 aliphatic rings. The quantitative estimate of drug-likeness (QED) is 0.744. The van der Waals surface area contributed by atoms with Crippen LogP contribution in [-0.2, 0) is 0 Å². The van der Waals surface area contributed by atoms with Crippen molar-refractivity contribution in [3.05, 3.63) is 27.7 Å². The van der Waals surface area contributed by atoms with Crippen molar-refractivity contribution in [2.45, 2.75) is 32.4 Å². The van der Waals surface area contributed by atoms with Crippen LogP contribution in [0.1, 0.15) is 32.4 Å².